The van der Waals surface area contributed by atoms with Gasteiger partial charge in [-0.2, -0.15) is 0 Å². The lowest BCUT2D eigenvalue weighted by Crippen LogP contribution is -2.42. The van der Waals surface area contributed by atoms with Gasteiger partial charge in [0, 0.05) is 6.61 Å². The van der Waals surface area contributed by atoms with E-state index in [4.69, 9.17) is 10.5 Å². The van der Waals surface area contributed by atoms with E-state index in [0.717, 1.165) is 12.8 Å². The Hall–Kier alpha value is -0.570. The number of primary amides is 1. The maximum atomic E-state index is 10.9. The van der Waals surface area contributed by atoms with E-state index >= 15 is 0 Å². The smallest absolute Gasteiger partial charge is 0.249 e. The van der Waals surface area contributed by atoms with Gasteiger partial charge >= 0.3 is 0 Å². The van der Waals surface area contributed by atoms with Crippen LogP contribution in [0, 0.1) is 0 Å². The molecule has 2 N–H and O–H groups in total. The van der Waals surface area contributed by atoms with Crippen molar-refractivity contribution in [3.05, 3.63) is 0 Å². The highest BCUT2D eigenvalue weighted by molar-refractivity contribution is 5.83. The van der Waals surface area contributed by atoms with E-state index in [1.165, 1.54) is 0 Å². The van der Waals surface area contributed by atoms with Gasteiger partial charge in [0.1, 0.15) is 5.60 Å². The summed E-state index contributed by atoms with van der Waals surface area (Å²) in [6.07, 6.45) is 2.44. The zero-order chi connectivity index (χ0) is 7.61. The molecule has 0 aliphatic carbocycles. The van der Waals surface area contributed by atoms with Crippen LogP contribution in [0.25, 0.3) is 0 Å². The quantitative estimate of drug-likeness (QED) is 0.609. The fraction of sp³-hybridized carbons (Fsp3) is 0.857. The van der Waals surface area contributed by atoms with Crippen LogP contribution in [-0.4, -0.2) is 18.1 Å². The summed E-state index contributed by atoms with van der Waals surface area (Å²) < 4.78 is 5.28. The highest BCUT2D eigenvalue weighted by atomic mass is 16.5. The van der Waals surface area contributed by atoms with E-state index in [9.17, 15) is 4.79 Å². The van der Waals surface area contributed by atoms with Gasteiger partial charge in [-0.1, -0.05) is 6.92 Å². The number of hydrogen-bond acceptors (Lipinski definition) is 2. The number of hydrogen-bond donors (Lipinski definition) is 1. The summed E-state index contributed by atoms with van der Waals surface area (Å²) in [5.41, 5.74) is 4.55. The monoisotopic (exact) mass is 143 g/mol. The lowest BCUT2D eigenvalue weighted by molar-refractivity contribution is -0.138. The molecule has 0 aromatic heterocycles. The van der Waals surface area contributed by atoms with Crippen LogP contribution in [0.3, 0.4) is 0 Å². The Kier molecular flexibility index (Phi) is 1.94. The van der Waals surface area contributed by atoms with E-state index in [2.05, 4.69) is 0 Å². The van der Waals surface area contributed by atoms with E-state index in [1.54, 1.807) is 0 Å². The van der Waals surface area contributed by atoms with Gasteiger partial charge < -0.3 is 10.5 Å². The van der Waals surface area contributed by atoms with E-state index in [0.29, 0.717) is 13.0 Å². The molecule has 1 aliphatic rings. The molecule has 10 heavy (non-hydrogen) atoms. The third kappa shape index (κ3) is 1.01. The van der Waals surface area contributed by atoms with Gasteiger partial charge in [0.05, 0.1) is 0 Å². The molecule has 1 fully saturated rings. The molecule has 0 aromatic carbocycles. The van der Waals surface area contributed by atoms with Crippen molar-refractivity contribution in [2.75, 3.05) is 6.61 Å². The van der Waals surface area contributed by atoms with E-state index < -0.39 is 5.60 Å². The standard InChI is InChI=1S/C7H13NO2/c1-2-7(6(8)9)4-3-5-10-7/h2-5H2,1H3,(H2,8,9). The van der Waals surface area contributed by atoms with Gasteiger partial charge in [0.15, 0.2) is 0 Å². The Morgan fingerprint density at radius 1 is 1.80 bits per heavy atom. The number of carbonyl (C=O) groups is 1. The average molecular weight is 143 g/mol. The van der Waals surface area contributed by atoms with Crippen molar-refractivity contribution < 1.29 is 9.53 Å². The molecule has 1 atom stereocenters. The van der Waals surface area contributed by atoms with Crippen LogP contribution in [0.1, 0.15) is 26.2 Å². The fourth-order valence-electron chi connectivity index (χ4n) is 1.34. The number of amides is 1. The van der Waals surface area contributed by atoms with Crippen molar-refractivity contribution in [2.45, 2.75) is 31.8 Å². The molecule has 1 aliphatic heterocycles. The highest BCUT2D eigenvalue weighted by Crippen LogP contribution is 2.28. The molecule has 1 amide bonds. The minimum absolute atomic E-state index is 0.312. The maximum absolute atomic E-state index is 10.9. The first-order valence-corrected chi connectivity index (χ1v) is 3.65. The minimum Gasteiger partial charge on any atom is -0.367 e. The van der Waals surface area contributed by atoms with Gasteiger partial charge in [-0.15, -0.1) is 0 Å². The predicted octanol–water partition coefficient (Wildman–Crippen LogP) is 0.431. The first-order chi connectivity index (χ1) is 4.71. The molecular formula is C7H13NO2. The summed E-state index contributed by atoms with van der Waals surface area (Å²) in [5, 5.41) is 0. The molecule has 3 heteroatoms. The van der Waals surface area contributed by atoms with Crippen LogP contribution < -0.4 is 5.73 Å². The Morgan fingerprint density at radius 2 is 2.50 bits per heavy atom. The van der Waals surface area contributed by atoms with Gasteiger partial charge in [-0.3, -0.25) is 4.79 Å². The van der Waals surface area contributed by atoms with Crippen molar-refractivity contribution in [1.29, 1.82) is 0 Å². The number of rotatable bonds is 2. The number of nitrogens with two attached hydrogens (primary N) is 1. The van der Waals surface area contributed by atoms with Crippen LogP contribution in [0.2, 0.25) is 0 Å². The van der Waals surface area contributed by atoms with Gasteiger partial charge in [0.25, 0.3) is 0 Å². The SMILES string of the molecule is CCC1(C(N)=O)CCCO1. The van der Waals surface area contributed by atoms with Crippen LogP contribution >= 0.6 is 0 Å². The zero-order valence-corrected chi connectivity index (χ0v) is 6.22. The Morgan fingerprint density at radius 3 is 2.70 bits per heavy atom. The summed E-state index contributed by atoms with van der Waals surface area (Å²) in [4.78, 5) is 10.9. The molecule has 0 saturated carbocycles. The highest BCUT2D eigenvalue weighted by Gasteiger charge is 2.38. The lowest BCUT2D eigenvalue weighted by Gasteiger charge is -2.21. The fourth-order valence-corrected chi connectivity index (χ4v) is 1.34. The molecule has 0 aromatic rings. The third-order valence-electron chi connectivity index (χ3n) is 2.12. The van der Waals surface area contributed by atoms with Gasteiger partial charge in [0.2, 0.25) is 5.91 Å². The van der Waals surface area contributed by atoms with Gasteiger partial charge in [-0.05, 0) is 19.3 Å². The van der Waals surface area contributed by atoms with E-state index in [-0.39, 0.29) is 5.91 Å². The molecule has 1 heterocycles. The number of carbonyl (C=O) groups excluding carboxylic acids is 1. The van der Waals surface area contributed by atoms with Crippen molar-refractivity contribution in [2.24, 2.45) is 5.73 Å². The topological polar surface area (TPSA) is 52.3 Å². The Bertz CT molecular complexity index is 139. The second-order valence-corrected chi connectivity index (χ2v) is 2.66. The molecule has 0 spiro atoms. The summed E-state index contributed by atoms with van der Waals surface area (Å²) in [6.45, 7) is 2.60. The molecular weight excluding hydrogens is 130 g/mol. The predicted molar refractivity (Wildman–Crippen MR) is 37.4 cm³/mol. The van der Waals surface area contributed by atoms with Crippen LogP contribution in [0.5, 0.6) is 0 Å². The Balaban J connectivity index is 2.67. The Labute approximate surface area is 60.5 Å². The molecule has 3 nitrogen and oxygen atoms in total. The second-order valence-electron chi connectivity index (χ2n) is 2.66. The minimum atomic E-state index is -0.625. The van der Waals surface area contributed by atoms with Crippen LogP contribution in [0.4, 0.5) is 0 Å². The van der Waals surface area contributed by atoms with Crippen LogP contribution in [0.15, 0.2) is 0 Å². The maximum Gasteiger partial charge on any atom is 0.249 e. The summed E-state index contributed by atoms with van der Waals surface area (Å²) in [7, 11) is 0. The summed E-state index contributed by atoms with van der Waals surface area (Å²) >= 11 is 0. The van der Waals surface area contributed by atoms with Crippen LogP contribution in [-0.2, 0) is 9.53 Å². The van der Waals surface area contributed by atoms with E-state index in [1.807, 2.05) is 6.92 Å². The van der Waals surface area contributed by atoms with Crippen molar-refractivity contribution in [1.82, 2.24) is 0 Å². The number of ether oxygens (including phenoxy) is 1. The zero-order valence-electron chi connectivity index (χ0n) is 6.22. The molecule has 58 valence electrons. The summed E-state index contributed by atoms with van der Waals surface area (Å²) in [6, 6.07) is 0. The molecule has 0 radical (unpaired) electrons. The molecule has 1 unspecified atom stereocenters. The third-order valence-corrected chi connectivity index (χ3v) is 2.12. The van der Waals surface area contributed by atoms with Crippen molar-refractivity contribution in [3.63, 3.8) is 0 Å². The average Bonchev–Trinajstić information content (AvgIpc) is 2.35. The van der Waals surface area contributed by atoms with Crippen molar-refractivity contribution in [3.8, 4) is 0 Å². The molecule has 1 rings (SSSR count). The molecule has 0 bridgehead atoms. The normalized spacial score (nSPS) is 32.5. The largest absolute Gasteiger partial charge is 0.367 e. The lowest BCUT2D eigenvalue weighted by atomic mass is 9.96. The first-order valence-electron chi connectivity index (χ1n) is 3.65. The first kappa shape index (κ1) is 7.54. The van der Waals surface area contributed by atoms with Gasteiger partial charge in [-0.25, -0.2) is 0 Å². The second kappa shape index (κ2) is 2.58. The van der Waals surface area contributed by atoms with Crippen molar-refractivity contribution >= 4 is 5.91 Å². The summed E-state index contributed by atoms with van der Waals surface area (Å²) in [5.74, 6) is -0.312. The molecule has 1 saturated heterocycles.